The number of alkyl carbamates (subject to hydrolysis) is 1. The van der Waals surface area contributed by atoms with Gasteiger partial charge in [-0.05, 0) is 52.7 Å². The third-order valence-corrected chi connectivity index (χ3v) is 4.73. The predicted molar refractivity (Wildman–Crippen MR) is 84.2 cm³/mol. The van der Waals surface area contributed by atoms with Crippen LogP contribution in [-0.2, 0) is 4.74 Å². The molecule has 120 valence electrons. The van der Waals surface area contributed by atoms with Crippen LogP contribution in [0.25, 0.3) is 0 Å². The molecule has 1 N–H and O–H groups in total. The lowest BCUT2D eigenvalue weighted by molar-refractivity contribution is 0.0844. The van der Waals surface area contributed by atoms with Gasteiger partial charge in [0.15, 0.2) is 0 Å². The molecule has 0 unspecified atom stereocenters. The first-order valence-corrected chi connectivity index (χ1v) is 8.12. The molecule has 0 atom stereocenters. The van der Waals surface area contributed by atoms with Gasteiger partial charge in [0.1, 0.15) is 5.76 Å². The maximum atomic E-state index is 11.7. The standard InChI is InChI=1S/C16H29N3O2/c1-4-13(2)21-16(20)17-14-5-7-15(8-6-14)19-11-9-18(3)10-12-19/h4,14-15H,5-12H2,1-3H3,(H,17,20)/b13-4+/t14-,15+. The van der Waals surface area contributed by atoms with Gasteiger partial charge in [-0.3, -0.25) is 4.90 Å². The van der Waals surface area contributed by atoms with E-state index >= 15 is 0 Å². The molecule has 1 aliphatic carbocycles. The Balaban J connectivity index is 1.69. The summed E-state index contributed by atoms with van der Waals surface area (Å²) >= 11 is 0. The summed E-state index contributed by atoms with van der Waals surface area (Å²) in [6.07, 6.45) is 5.95. The van der Waals surface area contributed by atoms with Crippen LogP contribution >= 0.6 is 0 Å². The lowest BCUT2D eigenvalue weighted by Gasteiger charge is -2.41. The molecule has 2 rings (SSSR count). The summed E-state index contributed by atoms with van der Waals surface area (Å²) < 4.78 is 5.15. The SMILES string of the molecule is C/C=C(\C)OC(=O)N[C@H]1CC[C@@H](N2CCN(C)CC2)CC1. The van der Waals surface area contributed by atoms with E-state index in [2.05, 4.69) is 22.2 Å². The molecule has 1 aliphatic heterocycles. The van der Waals surface area contributed by atoms with Gasteiger partial charge in [-0.1, -0.05) is 0 Å². The summed E-state index contributed by atoms with van der Waals surface area (Å²) in [5.74, 6) is 0.652. The van der Waals surface area contributed by atoms with Crippen molar-refractivity contribution in [2.24, 2.45) is 0 Å². The van der Waals surface area contributed by atoms with Crippen LogP contribution in [0, 0.1) is 0 Å². The van der Waals surface area contributed by atoms with Crippen LogP contribution in [-0.4, -0.2) is 61.2 Å². The van der Waals surface area contributed by atoms with Crippen molar-refractivity contribution in [2.75, 3.05) is 33.2 Å². The summed E-state index contributed by atoms with van der Waals surface area (Å²) in [5.41, 5.74) is 0. The van der Waals surface area contributed by atoms with E-state index in [-0.39, 0.29) is 12.1 Å². The molecule has 0 spiro atoms. The Hall–Kier alpha value is -1.07. The summed E-state index contributed by atoms with van der Waals surface area (Å²) in [7, 11) is 2.19. The largest absolute Gasteiger partial charge is 0.416 e. The van der Waals surface area contributed by atoms with Crippen molar-refractivity contribution >= 4 is 6.09 Å². The summed E-state index contributed by atoms with van der Waals surface area (Å²) in [4.78, 5) is 16.7. The van der Waals surface area contributed by atoms with Crippen LogP contribution in [0.1, 0.15) is 39.5 Å². The molecule has 1 saturated heterocycles. The minimum Gasteiger partial charge on any atom is -0.416 e. The zero-order chi connectivity index (χ0) is 15.2. The fourth-order valence-corrected chi connectivity index (χ4v) is 3.17. The number of nitrogens with zero attached hydrogens (tertiary/aromatic N) is 2. The van der Waals surface area contributed by atoms with Crippen LogP contribution in [0.4, 0.5) is 4.79 Å². The summed E-state index contributed by atoms with van der Waals surface area (Å²) in [6, 6.07) is 0.968. The maximum absolute atomic E-state index is 11.7. The summed E-state index contributed by atoms with van der Waals surface area (Å²) in [5, 5.41) is 2.99. The predicted octanol–water partition coefficient (Wildman–Crippen LogP) is 2.19. The second-order valence-corrected chi connectivity index (χ2v) is 6.28. The maximum Gasteiger partial charge on any atom is 0.412 e. The van der Waals surface area contributed by atoms with E-state index in [0.717, 1.165) is 12.8 Å². The molecule has 0 aromatic rings. The molecule has 0 radical (unpaired) electrons. The number of rotatable bonds is 3. The number of carbonyl (C=O) groups excluding carboxylic acids is 1. The van der Waals surface area contributed by atoms with E-state index < -0.39 is 0 Å². The zero-order valence-corrected chi connectivity index (χ0v) is 13.6. The van der Waals surface area contributed by atoms with E-state index in [1.807, 2.05) is 6.92 Å². The van der Waals surface area contributed by atoms with Gasteiger partial charge in [0.05, 0.1) is 0 Å². The minimum atomic E-state index is -0.311. The molecular weight excluding hydrogens is 266 g/mol. The number of amides is 1. The van der Waals surface area contributed by atoms with Crippen molar-refractivity contribution in [3.05, 3.63) is 11.8 Å². The smallest absolute Gasteiger partial charge is 0.412 e. The molecule has 1 saturated carbocycles. The van der Waals surface area contributed by atoms with E-state index in [9.17, 15) is 4.79 Å². The highest BCUT2D eigenvalue weighted by Gasteiger charge is 2.28. The zero-order valence-electron chi connectivity index (χ0n) is 13.6. The Labute approximate surface area is 128 Å². The third-order valence-electron chi connectivity index (χ3n) is 4.73. The van der Waals surface area contributed by atoms with E-state index in [0.29, 0.717) is 11.8 Å². The Morgan fingerprint density at radius 2 is 1.76 bits per heavy atom. The van der Waals surface area contributed by atoms with Crippen molar-refractivity contribution in [1.29, 1.82) is 0 Å². The Bertz CT molecular complexity index is 368. The molecule has 2 aliphatic rings. The first-order chi connectivity index (χ1) is 10.1. The quantitative estimate of drug-likeness (QED) is 0.811. The first-order valence-electron chi connectivity index (χ1n) is 8.12. The van der Waals surface area contributed by atoms with Crippen molar-refractivity contribution in [2.45, 2.75) is 51.6 Å². The molecule has 21 heavy (non-hydrogen) atoms. The molecule has 0 aromatic heterocycles. The molecule has 2 fully saturated rings. The Morgan fingerprint density at radius 3 is 2.33 bits per heavy atom. The van der Waals surface area contributed by atoms with Crippen molar-refractivity contribution in [3.8, 4) is 0 Å². The van der Waals surface area contributed by atoms with E-state index in [4.69, 9.17) is 4.74 Å². The second-order valence-electron chi connectivity index (χ2n) is 6.28. The number of hydrogen-bond donors (Lipinski definition) is 1. The third kappa shape index (κ3) is 5.00. The number of ether oxygens (including phenoxy) is 1. The van der Waals surface area contributed by atoms with Gasteiger partial charge in [0, 0.05) is 38.3 Å². The highest BCUT2D eigenvalue weighted by Crippen LogP contribution is 2.24. The molecule has 5 nitrogen and oxygen atoms in total. The van der Waals surface area contributed by atoms with Gasteiger partial charge in [0.2, 0.25) is 0 Å². The van der Waals surface area contributed by atoms with Crippen molar-refractivity contribution in [3.63, 3.8) is 0 Å². The number of carbonyl (C=O) groups is 1. The molecule has 0 aromatic carbocycles. The number of piperazine rings is 1. The lowest BCUT2D eigenvalue weighted by Crippen LogP contribution is -2.51. The Kier molecular flexibility index (Phi) is 6.06. The second kappa shape index (κ2) is 7.80. The number of allylic oxidation sites excluding steroid dienone is 2. The highest BCUT2D eigenvalue weighted by atomic mass is 16.6. The van der Waals surface area contributed by atoms with Crippen LogP contribution in [0.2, 0.25) is 0 Å². The summed E-state index contributed by atoms with van der Waals surface area (Å²) in [6.45, 7) is 8.37. The monoisotopic (exact) mass is 295 g/mol. The molecule has 1 heterocycles. The van der Waals surface area contributed by atoms with Gasteiger partial charge in [-0.15, -0.1) is 0 Å². The van der Waals surface area contributed by atoms with Crippen LogP contribution in [0.5, 0.6) is 0 Å². The Morgan fingerprint density at radius 1 is 1.14 bits per heavy atom. The van der Waals surface area contributed by atoms with Crippen LogP contribution in [0.15, 0.2) is 11.8 Å². The van der Waals surface area contributed by atoms with Gasteiger partial charge in [-0.2, -0.15) is 0 Å². The van der Waals surface area contributed by atoms with Gasteiger partial charge >= 0.3 is 6.09 Å². The van der Waals surface area contributed by atoms with Crippen molar-refractivity contribution < 1.29 is 9.53 Å². The average Bonchev–Trinajstić information content (AvgIpc) is 2.48. The topological polar surface area (TPSA) is 44.8 Å². The van der Waals surface area contributed by atoms with Crippen molar-refractivity contribution in [1.82, 2.24) is 15.1 Å². The molecule has 0 bridgehead atoms. The van der Waals surface area contributed by atoms with Gasteiger partial charge < -0.3 is 15.0 Å². The fraction of sp³-hybridized carbons (Fsp3) is 0.812. The molecule has 5 heteroatoms. The fourth-order valence-electron chi connectivity index (χ4n) is 3.17. The number of hydrogen-bond acceptors (Lipinski definition) is 4. The van der Waals surface area contributed by atoms with Crippen LogP contribution in [0.3, 0.4) is 0 Å². The number of likely N-dealkylation sites (N-methyl/N-ethyl adjacent to an activating group) is 1. The average molecular weight is 295 g/mol. The lowest BCUT2D eigenvalue weighted by atomic mass is 9.90. The first kappa shape index (κ1) is 16.3. The van der Waals surface area contributed by atoms with E-state index in [1.165, 1.54) is 39.0 Å². The molecule has 1 amide bonds. The highest BCUT2D eigenvalue weighted by molar-refractivity contribution is 5.68. The molecular formula is C16H29N3O2. The van der Waals surface area contributed by atoms with Gasteiger partial charge in [0.25, 0.3) is 0 Å². The van der Waals surface area contributed by atoms with Crippen LogP contribution < -0.4 is 5.32 Å². The van der Waals surface area contributed by atoms with E-state index in [1.54, 1.807) is 13.0 Å². The normalized spacial score (nSPS) is 29.2. The number of nitrogens with one attached hydrogen (secondary N) is 1. The van der Waals surface area contributed by atoms with Gasteiger partial charge in [-0.25, -0.2) is 4.79 Å². The minimum absolute atomic E-state index is 0.269.